The lowest BCUT2D eigenvalue weighted by Gasteiger charge is -2.43. The zero-order chi connectivity index (χ0) is 24.0. The van der Waals surface area contributed by atoms with Crippen LogP contribution in [0.1, 0.15) is 27.2 Å². The molecule has 0 aliphatic rings. The Hall–Kier alpha value is -2.03. The van der Waals surface area contributed by atoms with Gasteiger partial charge in [0.25, 0.3) is 8.32 Å². The quantitative estimate of drug-likeness (QED) is 0.224. The van der Waals surface area contributed by atoms with E-state index in [-0.39, 0.29) is 17.4 Å². The molecule has 0 saturated heterocycles. The summed E-state index contributed by atoms with van der Waals surface area (Å²) in [4.78, 5) is 11.0. The van der Waals surface area contributed by atoms with Crippen molar-refractivity contribution in [2.45, 2.75) is 32.2 Å². The van der Waals surface area contributed by atoms with Crippen molar-refractivity contribution in [2.24, 2.45) is 0 Å². The smallest absolute Gasteiger partial charge is 0.307 e. The van der Waals surface area contributed by atoms with Crippen molar-refractivity contribution in [2.75, 3.05) is 53.4 Å². The van der Waals surface area contributed by atoms with Gasteiger partial charge in [0.15, 0.2) is 0 Å². The number of rotatable bonds is 15. The van der Waals surface area contributed by atoms with Gasteiger partial charge in [0.05, 0.1) is 59.8 Å². The highest BCUT2D eigenvalue weighted by atomic mass is 28.4. The molecule has 0 aliphatic carbocycles. The maximum absolute atomic E-state index is 11.0. The van der Waals surface area contributed by atoms with Crippen LogP contribution in [0, 0.1) is 0 Å². The highest BCUT2D eigenvalue weighted by molar-refractivity contribution is 6.99. The van der Waals surface area contributed by atoms with Crippen molar-refractivity contribution < 1.29 is 28.2 Å². The minimum atomic E-state index is -2.52. The Morgan fingerprint density at radius 2 is 1.12 bits per heavy atom. The van der Waals surface area contributed by atoms with Gasteiger partial charge in [-0.25, -0.2) is 0 Å². The number of methoxy groups -OCH3 is 1. The van der Waals surface area contributed by atoms with E-state index < -0.39 is 8.32 Å². The van der Waals surface area contributed by atoms with Crippen LogP contribution in [0.15, 0.2) is 60.7 Å². The number of hydrogen-bond acceptors (Lipinski definition) is 6. The van der Waals surface area contributed by atoms with Crippen molar-refractivity contribution in [3.63, 3.8) is 0 Å². The first-order valence-corrected chi connectivity index (χ1v) is 13.4. The van der Waals surface area contributed by atoms with Gasteiger partial charge < -0.3 is 23.4 Å². The molecule has 0 bridgehead atoms. The van der Waals surface area contributed by atoms with Crippen LogP contribution in [-0.4, -0.2) is 67.6 Å². The van der Waals surface area contributed by atoms with Gasteiger partial charge in [0.1, 0.15) is 0 Å². The number of benzene rings is 2. The summed E-state index contributed by atoms with van der Waals surface area (Å²) >= 11 is 0. The van der Waals surface area contributed by atoms with Gasteiger partial charge >= 0.3 is 5.97 Å². The summed E-state index contributed by atoms with van der Waals surface area (Å²) in [7, 11) is -1.15. The van der Waals surface area contributed by atoms with E-state index in [0.29, 0.717) is 46.2 Å². The van der Waals surface area contributed by atoms with E-state index >= 15 is 0 Å². The lowest BCUT2D eigenvalue weighted by Crippen LogP contribution is -2.66. The Kier molecular flexibility index (Phi) is 11.8. The van der Waals surface area contributed by atoms with E-state index in [1.807, 2.05) is 12.1 Å². The van der Waals surface area contributed by atoms with Gasteiger partial charge in [0, 0.05) is 0 Å². The zero-order valence-corrected chi connectivity index (χ0v) is 21.4. The Labute approximate surface area is 199 Å². The molecule has 0 saturated carbocycles. The van der Waals surface area contributed by atoms with Crippen LogP contribution < -0.4 is 10.4 Å². The summed E-state index contributed by atoms with van der Waals surface area (Å²) < 4.78 is 27.9. The number of carbonyl (C=O) groups is 1. The van der Waals surface area contributed by atoms with Crippen LogP contribution in [0.3, 0.4) is 0 Å². The van der Waals surface area contributed by atoms with Crippen LogP contribution in [-0.2, 0) is 28.2 Å². The van der Waals surface area contributed by atoms with Gasteiger partial charge in [-0.15, -0.1) is 0 Å². The van der Waals surface area contributed by atoms with Gasteiger partial charge in [0.2, 0.25) is 0 Å². The van der Waals surface area contributed by atoms with Crippen molar-refractivity contribution in [1.82, 2.24) is 0 Å². The lowest BCUT2D eigenvalue weighted by atomic mass is 10.2. The highest BCUT2D eigenvalue weighted by Crippen LogP contribution is 2.36. The summed E-state index contributed by atoms with van der Waals surface area (Å²) in [5.41, 5.74) is 0. The molecule has 0 spiro atoms. The molecule has 7 heteroatoms. The Balaban J connectivity index is 1.80. The number of esters is 1. The first-order valence-electron chi connectivity index (χ1n) is 11.5. The average molecular weight is 475 g/mol. The molecule has 0 unspecified atom stereocenters. The molecule has 0 amide bonds. The fraction of sp³-hybridized carbons (Fsp3) is 0.500. The molecule has 182 valence electrons. The summed E-state index contributed by atoms with van der Waals surface area (Å²) in [5, 5.41) is 2.48. The van der Waals surface area contributed by atoms with E-state index in [1.54, 1.807) is 0 Å². The normalized spacial score (nSPS) is 12.0. The lowest BCUT2D eigenvalue weighted by molar-refractivity contribution is -0.141. The van der Waals surface area contributed by atoms with E-state index in [2.05, 4.69) is 74.0 Å². The molecule has 0 N–H and O–H groups in total. The van der Waals surface area contributed by atoms with Crippen molar-refractivity contribution in [3.05, 3.63) is 60.7 Å². The molecule has 6 nitrogen and oxygen atoms in total. The number of ether oxygens (including phenoxy) is 4. The molecule has 2 rings (SSSR count). The van der Waals surface area contributed by atoms with Crippen LogP contribution in [0.2, 0.25) is 5.04 Å². The minimum Gasteiger partial charge on any atom is -0.469 e. The van der Waals surface area contributed by atoms with Crippen LogP contribution in [0.25, 0.3) is 0 Å². The largest absolute Gasteiger partial charge is 0.469 e. The van der Waals surface area contributed by atoms with E-state index in [4.69, 9.17) is 18.6 Å². The molecule has 2 aromatic rings. The molecule has 0 aromatic heterocycles. The summed E-state index contributed by atoms with van der Waals surface area (Å²) in [6, 6.07) is 21.2. The third-order valence-corrected chi connectivity index (χ3v) is 10.4. The predicted molar refractivity (Wildman–Crippen MR) is 133 cm³/mol. The molecular formula is C26H38O6Si. The van der Waals surface area contributed by atoms with Gasteiger partial charge in [-0.2, -0.15) is 0 Å². The van der Waals surface area contributed by atoms with E-state index in [1.165, 1.54) is 17.5 Å². The van der Waals surface area contributed by atoms with Crippen molar-refractivity contribution in [1.29, 1.82) is 0 Å². The zero-order valence-electron chi connectivity index (χ0n) is 20.4. The van der Waals surface area contributed by atoms with E-state index in [9.17, 15) is 4.79 Å². The highest BCUT2D eigenvalue weighted by Gasteiger charge is 2.49. The molecule has 0 atom stereocenters. The van der Waals surface area contributed by atoms with E-state index in [0.717, 1.165) is 0 Å². The molecule has 0 aliphatic heterocycles. The molecule has 33 heavy (non-hydrogen) atoms. The SMILES string of the molecule is COC(=O)CCOCCOCCOCCO[Si](c1ccccc1)(c1ccccc1)C(C)(C)C. The predicted octanol–water partition coefficient (Wildman–Crippen LogP) is 3.18. The fourth-order valence-corrected chi connectivity index (χ4v) is 8.36. The average Bonchev–Trinajstić information content (AvgIpc) is 2.82. The maximum atomic E-state index is 11.0. The molecular weight excluding hydrogens is 436 g/mol. The third kappa shape index (κ3) is 8.35. The monoisotopic (exact) mass is 474 g/mol. The summed E-state index contributed by atoms with van der Waals surface area (Å²) in [6.45, 7) is 10.0. The molecule has 0 radical (unpaired) electrons. The van der Waals surface area contributed by atoms with Crippen molar-refractivity contribution in [3.8, 4) is 0 Å². The Bertz CT molecular complexity index is 752. The standard InChI is InChI=1S/C26H38O6Si/c1-26(2,3)33(23-11-7-5-8-12-23,24-13-9-6-10-14-24)32-22-21-31-20-19-30-18-17-29-16-15-25(27)28-4/h5-14H,15-22H2,1-4H3. The fourth-order valence-electron chi connectivity index (χ4n) is 3.81. The topological polar surface area (TPSA) is 63.2 Å². The Morgan fingerprint density at radius 3 is 1.55 bits per heavy atom. The van der Waals surface area contributed by atoms with Gasteiger partial charge in [-0.05, 0) is 15.4 Å². The maximum Gasteiger partial charge on any atom is 0.307 e. The second-order valence-electron chi connectivity index (χ2n) is 8.67. The second kappa shape index (κ2) is 14.3. The first-order chi connectivity index (χ1) is 15.9. The third-order valence-electron chi connectivity index (χ3n) is 5.39. The molecule has 0 heterocycles. The first kappa shape index (κ1) is 27.2. The molecule has 2 aromatic carbocycles. The second-order valence-corrected chi connectivity index (χ2v) is 13.0. The number of hydrogen-bond donors (Lipinski definition) is 0. The van der Waals surface area contributed by atoms with Crippen LogP contribution in [0.4, 0.5) is 0 Å². The van der Waals surface area contributed by atoms with Crippen molar-refractivity contribution >= 4 is 24.7 Å². The Morgan fingerprint density at radius 1 is 0.697 bits per heavy atom. The van der Waals surface area contributed by atoms with Gasteiger partial charge in [-0.1, -0.05) is 81.4 Å². The molecule has 0 fully saturated rings. The van der Waals surface area contributed by atoms with Gasteiger partial charge in [-0.3, -0.25) is 4.79 Å². The number of carbonyl (C=O) groups excluding carboxylic acids is 1. The summed E-state index contributed by atoms with van der Waals surface area (Å²) in [5.74, 6) is -0.274. The van der Waals surface area contributed by atoms with Crippen LogP contribution in [0.5, 0.6) is 0 Å². The van der Waals surface area contributed by atoms with Crippen LogP contribution >= 0.6 is 0 Å². The summed E-state index contributed by atoms with van der Waals surface area (Å²) in [6.07, 6.45) is 0.255. The minimum absolute atomic E-state index is 0.0489.